The highest BCUT2D eigenvalue weighted by molar-refractivity contribution is 8.00. The van der Waals surface area contributed by atoms with Crippen molar-refractivity contribution in [3.63, 3.8) is 0 Å². The second kappa shape index (κ2) is 13.4. The highest BCUT2D eigenvalue weighted by atomic mass is 35.5. The molecule has 7 nitrogen and oxygen atoms in total. The number of thiazole rings is 1. The van der Waals surface area contributed by atoms with Gasteiger partial charge in [0, 0.05) is 31.6 Å². The Morgan fingerprint density at radius 3 is 2.49 bits per heavy atom. The maximum absolute atomic E-state index is 13.3. The number of hydrogen-bond acceptors (Lipinski definition) is 6. The van der Waals surface area contributed by atoms with Gasteiger partial charge in [0.1, 0.15) is 5.70 Å². The molecule has 0 aliphatic heterocycles. The predicted molar refractivity (Wildman–Crippen MR) is 160 cm³/mol. The first-order valence-corrected chi connectivity index (χ1v) is 14.2. The molecule has 0 radical (unpaired) electrons. The van der Waals surface area contributed by atoms with Gasteiger partial charge in [-0.3, -0.25) is 14.4 Å². The van der Waals surface area contributed by atoms with Gasteiger partial charge in [-0.1, -0.05) is 53.5 Å². The Morgan fingerprint density at radius 1 is 0.974 bits per heavy atom. The summed E-state index contributed by atoms with van der Waals surface area (Å²) in [7, 11) is 0. The lowest BCUT2D eigenvalue weighted by Gasteiger charge is -2.12. The standard InChI is InChI=1S/C28H22Cl2N4O3S2/c1-17-15-39-28(31-17)34-25(35)16-38-22-9-5-8-21(14-22)32-27(37)24(12-19-10-11-20(29)13-23(19)30)33-26(36)18-6-3-2-4-7-18/h2-15H,16H2,1H3,(H,32,37)(H,33,36)(H,31,34,35)/b24-12+. The lowest BCUT2D eigenvalue weighted by molar-refractivity contribution is -0.114. The number of aryl methyl sites for hydroxylation is 1. The van der Waals surface area contributed by atoms with Crippen molar-refractivity contribution >= 4 is 80.9 Å². The van der Waals surface area contributed by atoms with Crippen LogP contribution >= 0.6 is 46.3 Å². The van der Waals surface area contributed by atoms with Gasteiger partial charge >= 0.3 is 0 Å². The summed E-state index contributed by atoms with van der Waals surface area (Å²) in [4.78, 5) is 43.4. The van der Waals surface area contributed by atoms with E-state index in [9.17, 15) is 14.4 Å². The van der Waals surface area contributed by atoms with E-state index in [0.29, 0.717) is 32.0 Å². The van der Waals surface area contributed by atoms with Crippen molar-refractivity contribution in [1.82, 2.24) is 10.3 Å². The van der Waals surface area contributed by atoms with Gasteiger partial charge in [-0.15, -0.1) is 23.1 Å². The minimum absolute atomic E-state index is 0.00995. The Kier molecular flexibility index (Phi) is 9.78. The minimum atomic E-state index is -0.552. The molecule has 11 heteroatoms. The minimum Gasteiger partial charge on any atom is -0.321 e. The third-order valence-corrected chi connectivity index (χ3v) is 7.55. The Bertz CT molecular complexity index is 1540. The number of nitrogens with one attached hydrogen (secondary N) is 3. The average Bonchev–Trinajstić information content (AvgIpc) is 3.33. The molecule has 0 bridgehead atoms. The van der Waals surface area contributed by atoms with Crippen LogP contribution in [0.15, 0.2) is 88.8 Å². The van der Waals surface area contributed by atoms with Gasteiger partial charge in [-0.05, 0) is 61.0 Å². The summed E-state index contributed by atoms with van der Waals surface area (Å²) in [6.07, 6.45) is 1.48. The number of thioether (sulfide) groups is 1. The van der Waals surface area contributed by atoms with Crippen LogP contribution in [0.3, 0.4) is 0 Å². The van der Waals surface area contributed by atoms with E-state index in [1.165, 1.54) is 29.2 Å². The molecular formula is C28H22Cl2N4O3S2. The van der Waals surface area contributed by atoms with Crippen LogP contribution in [-0.2, 0) is 9.59 Å². The Balaban J connectivity index is 1.48. The van der Waals surface area contributed by atoms with E-state index in [2.05, 4.69) is 20.9 Å². The topological polar surface area (TPSA) is 100 Å². The number of carbonyl (C=O) groups excluding carboxylic acids is 3. The van der Waals surface area contributed by atoms with Crippen LogP contribution in [0.25, 0.3) is 6.08 Å². The first kappa shape index (κ1) is 28.4. The van der Waals surface area contributed by atoms with Crippen LogP contribution in [-0.4, -0.2) is 28.5 Å². The fraction of sp³-hybridized carbons (Fsp3) is 0.0714. The van der Waals surface area contributed by atoms with Crippen LogP contribution < -0.4 is 16.0 Å². The van der Waals surface area contributed by atoms with E-state index < -0.39 is 11.8 Å². The molecule has 39 heavy (non-hydrogen) atoms. The summed E-state index contributed by atoms with van der Waals surface area (Å²) >= 11 is 15.0. The van der Waals surface area contributed by atoms with E-state index >= 15 is 0 Å². The zero-order valence-electron chi connectivity index (χ0n) is 20.5. The van der Waals surface area contributed by atoms with Gasteiger partial charge in [-0.2, -0.15) is 0 Å². The molecule has 1 aromatic heterocycles. The number of benzene rings is 3. The summed E-state index contributed by atoms with van der Waals surface area (Å²) < 4.78 is 0. The second-order valence-electron chi connectivity index (χ2n) is 8.16. The third kappa shape index (κ3) is 8.43. The number of amides is 3. The molecule has 0 saturated heterocycles. The Morgan fingerprint density at radius 2 is 1.77 bits per heavy atom. The van der Waals surface area contributed by atoms with E-state index in [1.54, 1.807) is 66.7 Å². The van der Waals surface area contributed by atoms with Crippen molar-refractivity contribution < 1.29 is 14.4 Å². The molecule has 0 aliphatic rings. The fourth-order valence-corrected chi connectivity index (χ4v) is 5.22. The second-order valence-corrected chi connectivity index (χ2v) is 10.9. The predicted octanol–water partition coefficient (Wildman–Crippen LogP) is 6.90. The van der Waals surface area contributed by atoms with Crippen molar-refractivity contribution in [2.24, 2.45) is 0 Å². The van der Waals surface area contributed by atoms with Crippen LogP contribution in [0.2, 0.25) is 10.0 Å². The van der Waals surface area contributed by atoms with Crippen LogP contribution in [0.4, 0.5) is 10.8 Å². The molecule has 1 heterocycles. The highest BCUT2D eigenvalue weighted by Crippen LogP contribution is 2.25. The van der Waals surface area contributed by atoms with Gasteiger partial charge in [-0.25, -0.2) is 4.98 Å². The molecular weight excluding hydrogens is 575 g/mol. The molecule has 0 fully saturated rings. The fourth-order valence-electron chi connectivity index (χ4n) is 3.29. The van der Waals surface area contributed by atoms with Gasteiger partial charge in [0.05, 0.1) is 11.4 Å². The van der Waals surface area contributed by atoms with Crippen molar-refractivity contribution in [3.8, 4) is 0 Å². The molecule has 198 valence electrons. The van der Waals surface area contributed by atoms with Crippen LogP contribution in [0.1, 0.15) is 21.6 Å². The monoisotopic (exact) mass is 596 g/mol. The van der Waals surface area contributed by atoms with Gasteiger partial charge in [0.25, 0.3) is 11.8 Å². The largest absolute Gasteiger partial charge is 0.321 e. The normalized spacial score (nSPS) is 11.1. The van der Waals surface area contributed by atoms with Crippen molar-refractivity contribution in [1.29, 1.82) is 0 Å². The quantitative estimate of drug-likeness (QED) is 0.144. The number of halogens is 2. The molecule has 0 aliphatic carbocycles. The van der Waals surface area contributed by atoms with E-state index in [1.807, 2.05) is 18.4 Å². The third-order valence-electron chi connectivity index (χ3n) is 5.12. The number of aromatic nitrogens is 1. The molecule has 0 spiro atoms. The molecule has 0 unspecified atom stereocenters. The number of anilines is 2. The van der Waals surface area contributed by atoms with Gasteiger partial charge < -0.3 is 16.0 Å². The van der Waals surface area contributed by atoms with E-state index in [-0.39, 0.29) is 17.4 Å². The summed E-state index contributed by atoms with van der Waals surface area (Å²) in [6, 6.07) is 20.5. The maximum Gasteiger partial charge on any atom is 0.272 e. The molecule has 3 N–H and O–H groups in total. The molecule has 3 amide bonds. The van der Waals surface area contributed by atoms with E-state index in [4.69, 9.17) is 23.2 Å². The van der Waals surface area contributed by atoms with Gasteiger partial charge in [0.2, 0.25) is 5.91 Å². The number of rotatable bonds is 9. The molecule has 0 atom stereocenters. The first-order valence-electron chi connectivity index (χ1n) is 11.6. The maximum atomic E-state index is 13.3. The molecule has 4 aromatic rings. The smallest absolute Gasteiger partial charge is 0.272 e. The van der Waals surface area contributed by atoms with Crippen LogP contribution in [0, 0.1) is 6.92 Å². The highest BCUT2D eigenvalue weighted by Gasteiger charge is 2.16. The molecule has 4 rings (SSSR count). The molecule has 3 aromatic carbocycles. The van der Waals surface area contributed by atoms with Gasteiger partial charge in [0.15, 0.2) is 5.13 Å². The summed E-state index contributed by atoms with van der Waals surface area (Å²) in [5.74, 6) is -1.02. The van der Waals surface area contributed by atoms with Crippen molar-refractivity contribution in [2.75, 3.05) is 16.4 Å². The average molecular weight is 598 g/mol. The summed E-state index contributed by atoms with van der Waals surface area (Å²) in [6.45, 7) is 1.86. The molecule has 0 saturated carbocycles. The van der Waals surface area contributed by atoms with E-state index in [0.717, 1.165) is 10.6 Å². The lowest BCUT2D eigenvalue weighted by Crippen LogP contribution is -2.30. The summed E-state index contributed by atoms with van der Waals surface area (Å²) in [5.41, 5.74) is 2.22. The Hall–Kier alpha value is -3.63. The first-order chi connectivity index (χ1) is 18.8. The SMILES string of the molecule is Cc1csc(NC(=O)CSc2cccc(NC(=O)/C(=C\c3ccc(Cl)cc3Cl)NC(=O)c3ccccc3)c2)n1. The Labute approximate surface area is 243 Å². The zero-order chi connectivity index (χ0) is 27.8. The van der Waals surface area contributed by atoms with Crippen molar-refractivity contribution in [3.05, 3.63) is 111 Å². The van der Waals surface area contributed by atoms with Crippen molar-refractivity contribution in [2.45, 2.75) is 11.8 Å². The zero-order valence-corrected chi connectivity index (χ0v) is 23.7. The summed E-state index contributed by atoms with van der Waals surface area (Å²) in [5, 5.41) is 11.4. The number of nitrogens with zero attached hydrogens (tertiary/aromatic N) is 1. The number of hydrogen-bond donors (Lipinski definition) is 3. The number of carbonyl (C=O) groups is 3. The van der Waals surface area contributed by atoms with Crippen LogP contribution in [0.5, 0.6) is 0 Å². The lowest BCUT2D eigenvalue weighted by atomic mass is 10.1.